The molecular weight excluding hydrogens is 341 g/mol. The third kappa shape index (κ3) is 4.84. The number of nitrogens with one attached hydrogen (secondary N) is 2. The number of rotatable bonds is 5. The van der Waals surface area contributed by atoms with Gasteiger partial charge in [0.05, 0.1) is 6.54 Å². The van der Waals surface area contributed by atoms with Crippen molar-refractivity contribution in [2.45, 2.75) is 13.1 Å². The fraction of sp³-hybridized carbons (Fsp3) is 0.105. The van der Waals surface area contributed by atoms with Crippen LogP contribution in [-0.4, -0.2) is 10.6 Å². The SMILES string of the molecule is O=C(NCc1cccn1Cc1ccc(Cl)cc1)Nc1cccc(F)c1. The van der Waals surface area contributed by atoms with E-state index in [4.69, 9.17) is 11.6 Å². The molecule has 0 saturated carbocycles. The van der Waals surface area contributed by atoms with Crippen LogP contribution in [0.2, 0.25) is 5.02 Å². The van der Waals surface area contributed by atoms with Gasteiger partial charge in [-0.2, -0.15) is 0 Å². The normalized spacial score (nSPS) is 10.5. The highest BCUT2D eigenvalue weighted by Gasteiger charge is 2.06. The van der Waals surface area contributed by atoms with Gasteiger partial charge in [0.15, 0.2) is 0 Å². The molecule has 4 nitrogen and oxygen atoms in total. The maximum absolute atomic E-state index is 13.1. The van der Waals surface area contributed by atoms with Crippen molar-refractivity contribution >= 4 is 23.3 Å². The molecule has 0 unspecified atom stereocenters. The fourth-order valence-electron chi connectivity index (χ4n) is 2.46. The van der Waals surface area contributed by atoms with Gasteiger partial charge in [-0.25, -0.2) is 9.18 Å². The van der Waals surface area contributed by atoms with Crippen LogP contribution in [0.5, 0.6) is 0 Å². The van der Waals surface area contributed by atoms with E-state index in [0.29, 0.717) is 23.8 Å². The first-order valence-electron chi connectivity index (χ1n) is 7.79. The summed E-state index contributed by atoms with van der Waals surface area (Å²) in [5, 5.41) is 6.08. The van der Waals surface area contributed by atoms with Crippen molar-refractivity contribution in [2.75, 3.05) is 5.32 Å². The third-order valence-electron chi connectivity index (χ3n) is 3.70. The molecule has 0 aliphatic heterocycles. The predicted molar refractivity (Wildman–Crippen MR) is 97.2 cm³/mol. The molecule has 6 heteroatoms. The highest BCUT2D eigenvalue weighted by atomic mass is 35.5. The number of aromatic nitrogens is 1. The first-order chi connectivity index (χ1) is 12.1. The molecule has 128 valence electrons. The highest BCUT2D eigenvalue weighted by molar-refractivity contribution is 6.30. The zero-order valence-electron chi connectivity index (χ0n) is 13.4. The molecule has 0 spiro atoms. The topological polar surface area (TPSA) is 46.1 Å². The van der Waals surface area contributed by atoms with Gasteiger partial charge in [0.1, 0.15) is 5.82 Å². The number of amides is 2. The third-order valence-corrected chi connectivity index (χ3v) is 3.95. The van der Waals surface area contributed by atoms with E-state index in [1.165, 1.54) is 12.1 Å². The van der Waals surface area contributed by atoms with Gasteiger partial charge in [0.25, 0.3) is 0 Å². The summed E-state index contributed by atoms with van der Waals surface area (Å²) in [6, 6.07) is 16.9. The largest absolute Gasteiger partial charge is 0.345 e. The highest BCUT2D eigenvalue weighted by Crippen LogP contribution is 2.13. The van der Waals surface area contributed by atoms with Gasteiger partial charge in [0, 0.05) is 29.1 Å². The molecule has 0 atom stereocenters. The van der Waals surface area contributed by atoms with Crippen molar-refractivity contribution < 1.29 is 9.18 Å². The van der Waals surface area contributed by atoms with Crippen LogP contribution in [0.25, 0.3) is 0 Å². The Balaban J connectivity index is 1.57. The number of carbonyl (C=O) groups excluding carboxylic acids is 1. The molecule has 0 radical (unpaired) electrons. The predicted octanol–water partition coefficient (Wildman–Crippen LogP) is 4.65. The van der Waals surface area contributed by atoms with Crippen molar-refractivity contribution in [1.82, 2.24) is 9.88 Å². The van der Waals surface area contributed by atoms with Gasteiger partial charge >= 0.3 is 6.03 Å². The zero-order valence-corrected chi connectivity index (χ0v) is 14.1. The molecule has 0 saturated heterocycles. The standard InChI is InChI=1S/C19H17ClFN3O/c20-15-8-6-14(7-9-15)13-24-10-2-5-18(24)12-22-19(25)23-17-4-1-3-16(21)11-17/h1-11H,12-13H2,(H2,22,23,25). The van der Waals surface area contributed by atoms with Crippen LogP contribution in [0.3, 0.4) is 0 Å². The van der Waals surface area contributed by atoms with Crippen LogP contribution in [0, 0.1) is 5.82 Å². The molecule has 3 rings (SSSR count). The number of carbonyl (C=O) groups is 1. The summed E-state index contributed by atoms with van der Waals surface area (Å²) >= 11 is 5.90. The van der Waals surface area contributed by atoms with E-state index in [1.807, 2.05) is 47.2 Å². The van der Waals surface area contributed by atoms with Crippen LogP contribution in [0.1, 0.15) is 11.3 Å². The summed E-state index contributed by atoms with van der Waals surface area (Å²) in [6.45, 7) is 1.05. The summed E-state index contributed by atoms with van der Waals surface area (Å²) in [5.41, 5.74) is 2.49. The first-order valence-corrected chi connectivity index (χ1v) is 8.17. The lowest BCUT2D eigenvalue weighted by molar-refractivity contribution is 0.251. The lowest BCUT2D eigenvalue weighted by atomic mass is 10.2. The lowest BCUT2D eigenvalue weighted by Crippen LogP contribution is -2.29. The number of hydrogen-bond acceptors (Lipinski definition) is 1. The number of anilines is 1. The number of halogens is 2. The first kappa shape index (κ1) is 17.0. The van der Waals surface area contributed by atoms with E-state index in [2.05, 4.69) is 10.6 Å². The van der Waals surface area contributed by atoms with Crippen LogP contribution in [-0.2, 0) is 13.1 Å². The van der Waals surface area contributed by atoms with E-state index in [9.17, 15) is 9.18 Å². The summed E-state index contributed by atoms with van der Waals surface area (Å²) in [5.74, 6) is -0.394. The lowest BCUT2D eigenvalue weighted by Gasteiger charge is -2.11. The average molecular weight is 358 g/mol. The Morgan fingerprint density at radius 1 is 1.08 bits per heavy atom. The summed E-state index contributed by atoms with van der Waals surface area (Å²) in [6.07, 6.45) is 1.95. The monoisotopic (exact) mass is 357 g/mol. The van der Waals surface area contributed by atoms with E-state index >= 15 is 0 Å². The average Bonchev–Trinajstić information content (AvgIpc) is 3.02. The van der Waals surface area contributed by atoms with Gasteiger partial charge in [-0.3, -0.25) is 0 Å². The molecule has 0 fully saturated rings. The molecule has 3 aromatic rings. The second-order valence-corrected chi connectivity index (χ2v) is 6.01. The quantitative estimate of drug-likeness (QED) is 0.686. The molecule has 0 aliphatic carbocycles. The molecular formula is C19H17ClFN3O. The van der Waals surface area contributed by atoms with E-state index in [0.717, 1.165) is 11.3 Å². The van der Waals surface area contributed by atoms with Crippen LogP contribution in [0.15, 0.2) is 66.9 Å². The van der Waals surface area contributed by atoms with Crippen molar-refractivity contribution in [3.63, 3.8) is 0 Å². The fourth-order valence-corrected chi connectivity index (χ4v) is 2.59. The van der Waals surface area contributed by atoms with Gasteiger partial charge in [-0.05, 0) is 48.0 Å². The molecule has 0 aliphatic rings. The maximum atomic E-state index is 13.1. The van der Waals surface area contributed by atoms with Gasteiger partial charge < -0.3 is 15.2 Å². The van der Waals surface area contributed by atoms with Gasteiger partial charge in [0.2, 0.25) is 0 Å². The smallest absolute Gasteiger partial charge is 0.319 e. The Bertz CT molecular complexity index is 861. The van der Waals surface area contributed by atoms with Gasteiger partial charge in [-0.15, -0.1) is 0 Å². The minimum atomic E-state index is -0.394. The maximum Gasteiger partial charge on any atom is 0.319 e. The molecule has 2 aromatic carbocycles. The molecule has 1 aromatic heterocycles. The van der Waals surface area contributed by atoms with E-state index < -0.39 is 5.82 Å². The van der Waals surface area contributed by atoms with Crippen molar-refractivity contribution in [3.05, 3.63) is 89.0 Å². The number of urea groups is 1. The van der Waals surface area contributed by atoms with Crippen LogP contribution < -0.4 is 10.6 Å². The molecule has 2 amide bonds. The molecule has 0 bridgehead atoms. The van der Waals surface area contributed by atoms with E-state index in [1.54, 1.807) is 12.1 Å². The summed E-state index contributed by atoms with van der Waals surface area (Å²) in [4.78, 5) is 12.0. The Morgan fingerprint density at radius 2 is 1.88 bits per heavy atom. The Hall–Kier alpha value is -2.79. The zero-order chi connectivity index (χ0) is 17.6. The van der Waals surface area contributed by atoms with E-state index in [-0.39, 0.29) is 6.03 Å². The Labute approximate surface area is 150 Å². The van der Waals surface area contributed by atoms with Gasteiger partial charge in [-0.1, -0.05) is 29.8 Å². The van der Waals surface area contributed by atoms with Crippen molar-refractivity contribution in [2.24, 2.45) is 0 Å². The van der Waals surface area contributed by atoms with Crippen LogP contribution in [0.4, 0.5) is 14.9 Å². The van der Waals surface area contributed by atoms with Crippen molar-refractivity contribution in [1.29, 1.82) is 0 Å². The minimum Gasteiger partial charge on any atom is -0.345 e. The van der Waals surface area contributed by atoms with Crippen LogP contribution >= 0.6 is 11.6 Å². The Morgan fingerprint density at radius 3 is 2.64 bits per heavy atom. The summed E-state index contributed by atoms with van der Waals surface area (Å²) in [7, 11) is 0. The summed E-state index contributed by atoms with van der Waals surface area (Å²) < 4.78 is 15.2. The second kappa shape index (κ2) is 7.85. The number of benzene rings is 2. The molecule has 25 heavy (non-hydrogen) atoms. The number of nitrogens with zero attached hydrogens (tertiary/aromatic N) is 1. The molecule has 1 heterocycles. The van der Waals surface area contributed by atoms with Crippen molar-refractivity contribution in [3.8, 4) is 0 Å². The molecule has 2 N–H and O–H groups in total. The number of hydrogen-bond donors (Lipinski definition) is 2. The Kier molecular flexibility index (Phi) is 5.36. The minimum absolute atomic E-state index is 0.363. The second-order valence-electron chi connectivity index (χ2n) is 5.57.